The molecular formula is C12H22N2O2. The highest BCUT2D eigenvalue weighted by Gasteiger charge is 2.32. The Kier molecular flexibility index (Phi) is 3.82. The molecule has 0 spiro atoms. The van der Waals surface area contributed by atoms with Crippen molar-refractivity contribution in [2.75, 3.05) is 26.2 Å². The van der Waals surface area contributed by atoms with Crippen molar-refractivity contribution in [3.05, 3.63) is 0 Å². The van der Waals surface area contributed by atoms with Gasteiger partial charge in [-0.05, 0) is 32.7 Å². The van der Waals surface area contributed by atoms with Crippen LogP contribution in [0.25, 0.3) is 0 Å². The maximum atomic E-state index is 10.5. The van der Waals surface area contributed by atoms with Crippen LogP contribution >= 0.6 is 0 Å². The number of carboxylic acids is 1. The van der Waals surface area contributed by atoms with Crippen LogP contribution in [-0.4, -0.2) is 59.1 Å². The van der Waals surface area contributed by atoms with Crippen molar-refractivity contribution in [2.24, 2.45) is 0 Å². The highest BCUT2D eigenvalue weighted by molar-refractivity contribution is 5.66. The molecule has 2 atom stereocenters. The van der Waals surface area contributed by atoms with Gasteiger partial charge in [0.1, 0.15) is 0 Å². The highest BCUT2D eigenvalue weighted by Crippen LogP contribution is 2.23. The zero-order valence-electron chi connectivity index (χ0n) is 10.1. The summed E-state index contributed by atoms with van der Waals surface area (Å²) in [5.74, 6) is -0.675. The summed E-state index contributed by atoms with van der Waals surface area (Å²) in [5, 5.41) is 8.68. The van der Waals surface area contributed by atoms with Gasteiger partial charge in [-0.25, -0.2) is 0 Å². The Balaban J connectivity index is 1.79. The van der Waals surface area contributed by atoms with E-state index in [1.807, 2.05) is 0 Å². The quantitative estimate of drug-likeness (QED) is 0.777. The Morgan fingerprint density at radius 3 is 3.00 bits per heavy atom. The highest BCUT2D eigenvalue weighted by atomic mass is 16.4. The lowest BCUT2D eigenvalue weighted by Crippen LogP contribution is -2.52. The van der Waals surface area contributed by atoms with Crippen molar-refractivity contribution in [3.8, 4) is 0 Å². The van der Waals surface area contributed by atoms with Gasteiger partial charge in [-0.1, -0.05) is 0 Å². The minimum absolute atomic E-state index is 0.298. The van der Waals surface area contributed by atoms with E-state index in [9.17, 15) is 4.79 Å². The summed E-state index contributed by atoms with van der Waals surface area (Å²) < 4.78 is 0. The van der Waals surface area contributed by atoms with Gasteiger partial charge in [0, 0.05) is 38.1 Å². The Morgan fingerprint density at radius 2 is 2.25 bits per heavy atom. The fraction of sp³-hybridized carbons (Fsp3) is 0.917. The molecule has 16 heavy (non-hydrogen) atoms. The van der Waals surface area contributed by atoms with E-state index in [4.69, 9.17) is 5.11 Å². The number of carboxylic acid groups (broad SMARTS) is 1. The van der Waals surface area contributed by atoms with E-state index < -0.39 is 5.97 Å². The summed E-state index contributed by atoms with van der Waals surface area (Å²) in [5.41, 5.74) is 0. The molecule has 2 aliphatic rings. The third-order valence-electron chi connectivity index (χ3n) is 4.02. The average Bonchev–Trinajstić information content (AvgIpc) is 2.72. The number of aliphatic carboxylic acids is 1. The maximum absolute atomic E-state index is 10.5. The van der Waals surface area contributed by atoms with E-state index >= 15 is 0 Å². The molecule has 0 radical (unpaired) electrons. The number of rotatable bonds is 4. The number of carbonyl (C=O) groups is 1. The topological polar surface area (TPSA) is 43.8 Å². The van der Waals surface area contributed by atoms with Gasteiger partial charge in [0.15, 0.2) is 0 Å². The van der Waals surface area contributed by atoms with Gasteiger partial charge in [-0.15, -0.1) is 0 Å². The first-order valence-electron chi connectivity index (χ1n) is 6.36. The molecule has 2 aliphatic heterocycles. The molecule has 2 saturated heterocycles. The van der Waals surface area contributed by atoms with Crippen molar-refractivity contribution in [3.63, 3.8) is 0 Å². The number of hydrogen-bond donors (Lipinski definition) is 1. The molecular weight excluding hydrogens is 204 g/mol. The summed E-state index contributed by atoms with van der Waals surface area (Å²) in [4.78, 5) is 15.6. The number of fused-ring (bicyclic) bond motifs is 1. The van der Waals surface area contributed by atoms with Gasteiger partial charge >= 0.3 is 5.97 Å². The van der Waals surface area contributed by atoms with Crippen LogP contribution in [0.5, 0.6) is 0 Å². The fourth-order valence-electron chi connectivity index (χ4n) is 2.93. The first-order valence-corrected chi connectivity index (χ1v) is 6.36. The summed E-state index contributed by atoms with van der Waals surface area (Å²) in [6.07, 6.45) is 3.73. The van der Waals surface area contributed by atoms with Crippen LogP contribution in [0.2, 0.25) is 0 Å². The molecule has 4 nitrogen and oxygen atoms in total. The summed E-state index contributed by atoms with van der Waals surface area (Å²) >= 11 is 0. The van der Waals surface area contributed by atoms with Gasteiger partial charge in [0.25, 0.3) is 0 Å². The molecule has 2 heterocycles. The van der Waals surface area contributed by atoms with Crippen LogP contribution in [0.3, 0.4) is 0 Å². The van der Waals surface area contributed by atoms with Gasteiger partial charge in [-0.2, -0.15) is 0 Å². The first-order chi connectivity index (χ1) is 7.66. The van der Waals surface area contributed by atoms with Gasteiger partial charge in [-0.3, -0.25) is 14.6 Å². The van der Waals surface area contributed by atoms with Crippen molar-refractivity contribution in [1.82, 2.24) is 9.80 Å². The van der Waals surface area contributed by atoms with Crippen LogP contribution in [-0.2, 0) is 4.79 Å². The maximum Gasteiger partial charge on any atom is 0.303 e. The Hall–Kier alpha value is -0.610. The van der Waals surface area contributed by atoms with Gasteiger partial charge < -0.3 is 5.11 Å². The normalized spacial score (nSPS) is 28.9. The van der Waals surface area contributed by atoms with E-state index in [0.717, 1.165) is 25.6 Å². The molecule has 4 heteroatoms. The third-order valence-corrected chi connectivity index (χ3v) is 4.02. The minimum atomic E-state index is -0.675. The Morgan fingerprint density at radius 1 is 1.44 bits per heavy atom. The largest absolute Gasteiger partial charge is 0.481 e. The van der Waals surface area contributed by atoms with Crippen molar-refractivity contribution >= 4 is 5.97 Å². The molecule has 0 aliphatic carbocycles. The van der Waals surface area contributed by atoms with E-state index in [1.165, 1.54) is 25.9 Å². The molecule has 0 aromatic rings. The van der Waals surface area contributed by atoms with Crippen molar-refractivity contribution in [1.29, 1.82) is 0 Å². The van der Waals surface area contributed by atoms with Crippen LogP contribution in [0.1, 0.15) is 32.6 Å². The van der Waals surface area contributed by atoms with Gasteiger partial charge in [0.05, 0.1) is 0 Å². The summed E-state index contributed by atoms with van der Waals surface area (Å²) in [6, 6.07) is 1.15. The number of nitrogens with zero attached hydrogens (tertiary/aromatic N) is 2. The predicted octanol–water partition coefficient (Wildman–Crippen LogP) is 1.02. The van der Waals surface area contributed by atoms with Crippen LogP contribution in [0.15, 0.2) is 0 Å². The predicted molar refractivity (Wildman–Crippen MR) is 62.5 cm³/mol. The smallest absolute Gasteiger partial charge is 0.303 e. The Bertz CT molecular complexity index is 257. The summed E-state index contributed by atoms with van der Waals surface area (Å²) in [6.45, 7) is 6.84. The van der Waals surface area contributed by atoms with Crippen LogP contribution in [0.4, 0.5) is 0 Å². The number of piperazine rings is 1. The van der Waals surface area contributed by atoms with Crippen molar-refractivity contribution < 1.29 is 9.90 Å². The minimum Gasteiger partial charge on any atom is -0.481 e. The number of hydrogen-bond acceptors (Lipinski definition) is 3. The molecule has 0 bridgehead atoms. The molecule has 2 rings (SSSR count). The lowest BCUT2D eigenvalue weighted by atomic mass is 10.1. The zero-order valence-corrected chi connectivity index (χ0v) is 10.1. The van der Waals surface area contributed by atoms with E-state index in [-0.39, 0.29) is 0 Å². The molecule has 1 N–H and O–H groups in total. The van der Waals surface area contributed by atoms with Gasteiger partial charge in [0.2, 0.25) is 0 Å². The van der Waals surface area contributed by atoms with Crippen LogP contribution < -0.4 is 0 Å². The standard InChI is InChI=1S/C12H22N2O2/c1-10(4-5-12(15)16)14-8-7-13-6-2-3-11(13)9-14/h10-11H,2-9H2,1H3,(H,15,16). The SMILES string of the molecule is CC(CCC(=O)O)N1CCN2CCCC2C1. The lowest BCUT2D eigenvalue weighted by Gasteiger charge is -2.40. The summed E-state index contributed by atoms with van der Waals surface area (Å²) in [7, 11) is 0. The van der Waals surface area contributed by atoms with E-state index in [0.29, 0.717) is 12.5 Å². The molecule has 2 fully saturated rings. The second kappa shape index (κ2) is 5.15. The molecule has 0 amide bonds. The van der Waals surface area contributed by atoms with Crippen LogP contribution in [0, 0.1) is 0 Å². The molecule has 92 valence electrons. The Labute approximate surface area is 97.2 Å². The third kappa shape index (κ3) is 2.74. The second-order valence-electron chi connectivity index (χ2n) is 5.11. The first kappa shape index (κ1) is 11.9. The molecule has 0 saturated carbocycles. The van der Waals surface area contributed by atoms with Crippen molar-refractivity contribution in [2.45, 2.75) is 44.7 Å². The molecule has 0 aromatic heterocycles. The zero-order chi connectivity index (χ0) is 11.5. The monoisotopic (exact) mass is 226 g/mol. The second-order valence-corrected chi connectivity index (χ2v) is 5.11. The average molecular weight is 226 g/mol. The van der Waals surface area contributed by atoms with E-state index in [2.05, 4.69) is 16.7 Å². The fourth-order valence-corrected chi connectivity index (χ4v) is 2.93. The van der Waals surface area contributed by atoms with E-state index in [1.54, 1.807) is 0 Å². The molecule has 0 aromatic carbocycles. The molecule has 2 unspecified atom stereocenters. The lowest BCUT2D eigenvalue weighted by molar-refractivity contribution is -0.137.